The zero-order chi connectivity index (χ0) is 14.2. The van der Waals surface area contributed by atoms with E-state index in [1.807, 2.05) is 12.3 Å². The Kier molecular flexibility index (Phi) is 3.42. The summed E-state index contributed by atoms with van der Waals surface area (Å²) < 4.78 is 5.72. The summed E-state index contributed by atoms with van der Waals surface area (Å²) in [6.07, 6.45) is 8.74. The number of esters is 1. The van der Waals surface area contributed by atoms with E-state index in [9.17, 15) is 4.79 Å². The average Bonchev–Trinajstić information content (AvgIpc) is 2.93. The molecule has 4 atom stereocenters. The van der Waals surface area contributed by atoms with Crippen molar-refractivity contribution in [2.24, 2.45) is 17.8 Å². The second kappa shape index (κ2) is 5.41. The number of aromatic nitrogens is 1. The molecule has 1 aliphatic carbocycles. The van der Waals surface area contributed by atoms with E-state index in [2.05, 4.69) is 16.0 Å². The molecule has 0 bridgehead atoms. The number of fused-ring (bicyclic) bond motifs is 3. The lowest BCUT2D eigenvalue weighted by Crippen LogP contribution is -2.46. The lowest BCUT2D eigenvalue weighted by atomic mass is 9.72. The molecule has 1 saturated carbocycles. The normalized spacial score (nSPS) is 35.9. The zero-order valence-corrected chi connectivity index (χ0v) is 12.3. The van der Waals surface area contributed by atoms with E-state index < -0.39 is 0 Å². The van der Waals surface area contributed by atoms with E-state index in [-0.39, 0.29) is 18.0 Å². The minimum absolute atomic E-state index is 0.0526. The molecule has 1 aromatic heterocycles. The molecule has 0 aromatic carbocycles. The van der Waals surface area contributed by atoms with Gasteiger partial charge in [0.25, 0.3) is 0 Å². The van der Waals surface area contributed by atoms with Crippen LogP contribution in [0.15, 0.2) is 24.5 Å². The van der Waals surface area contributed by atoms with Gasteiger partial charge >= 0.3 is 5.97 Å². The quantitative estimate of drug-likeness (QED) is 0.782. The molecule has 3 aliphatic rings. The van der Waals surface area contributed by atoms with Crippen LogP contribution in [0.4, 0.5) is 0 Å². The molecule has 4 nitrogen and oxygen atoms in total. The molecule has 4 heteroatoms. The number of carbonyl (C=O) groups excluding carboxylic acids is 1. The number of pyridine rings is 1. The molecular formula is C17H22N2O2. The van der Waals surface area contributed by atoms with Gasteiger partial charge in [-0.25, -0.2) is 0 Å². The number of nitrogens with zero attached hydrogens (tertiary/aromatic N) is 2. The van der Waals surface area contributed by atoms with Crippen LogP contribution in [0.3, 0.4) is 0 Å². The van der Waals surface area contributed by atoms with Crippen molar-refractivity contribution in [3.63, 3.8) is 0 Å². The molecule has 2 aliphatic heterocycles. The summed E-state index contributed by atoms with van der Waals surface area (Å²) in [4.78, 5) is 18.9. The van der Waals surface area contributed by atoms with Crippen molar-refractivity contribution in [2.45, 2.75) is 38.3 Å². The van der Waals surface area contributed by atoms with Crippen LogP contribution in [0, 0.1) is 17.8 Å². The molecule has 4 unspecified atom stereocenters. The van der Waals surface area contributed by atoms with Crippen LogP contribution in [0.25, 0.3) is 0 Å². The number of carbonyl (C=O) groups is 1. The topological polar surface area (TPSA) is 42.4 Å². The Hall–Kier alpha value is -1.42. The molecule has 0 N–H and O–H groups in total. The lowest BCUT2D eigenvalue weighted by Gasteiger charge is -2.41. The van der Waals surface area contributed by atoms with Crippen LogP contribution >= 0.6 is 0 Å². The highest BCUT2D eigenvalue weighted by Gasteiger charge is 2.50. The number of hydrogen-bond donors (Lipinski definition) is 0. The Bertz CT molecular complexity index is 519. The number of rotatable bonds is 2. The van der Waals surface area contributed by atoms with Gasteiger partial charge in [-0.1, -0.05) is 12.5 Å². The third kappa shape index (κ3) is 2.46. The second-order valence-electron chi connectivity index (χ2n) is 6.75. The maximum absolute atomic E-state index is 12.3. The summed E-state index contributed by atoms with van der Waals surface area (Å²) in [5, 5.41) is 0. The highest BCUT2D eigenvalue weighted by molar-refractivity contribution is 5.74. The van der Waals surface area contributed by atoms with Crippen molar-refractivity contribution in [2.75, 3.05) is 13.1 Å². The van der Waals surface area contributed by atoms with Gasteiger partial charge in [-0.05, 0) is 36.8 Å². The van der Waals surface area contributed by atoms with Gasteiger partial charge in [0.15, 0.2) is 0 Å². The fourth-order valence-electron chi connectivity index (χ4n) is 4.47. The van der Waals surface area contributed by atoms with E-state index in [0.29, 0.717) is 11.8 Å². The molecule has 112 valence electrons. The molecule has 0 amide bonds. The zero-order valence-electron chi connectivity index (χ0n) is 12.3. The van der Waals surface area contributed by atoms with Crippen molar-refractivity contribution < 1.29 is 9.53 Å². The Morgan fingerprint density at radius 2 is 2.14 bits per heavy atom. The summed E-state index contributed by atoms with van der Waals surface area (Å²) in [5.74, 6) is 1.26. The SMILES string of the molecule is O=C1OC2CCCCC2C2CN(Cc3cccnc3)CC12. The first-order chi connectivity index (χ1) is 10.3. The summed E-state index contributed by atoms with van der Waals surface area (Å²) in [7, 11) is 0. The monoisotopic (exact) mass is 286 g/mol. The third-order valence-corrected chi connectivity index (χ3v) is 5.44. The predicted octanol–water partition coefficient (Wildman–Crippen LogP) is 2.25. The van der Waals surface area contributed by atoms with Crippen LogP contribution < -0.4 is 0 Å². The minimum Gasteiger partial charge on any atom is -0.462 e. The van der Waals surface area contributed by atoms with Crippen LogP contribution in [0.5, 0.6) is 0 Å². The fraction of sp³-hybridized carbons (Fsp3) is 0.647. The smallest absolute Gasteiger partial charge is 0.310 e. The number of hydrogen-bond acceptors (Lipinski definition) is 4. The van der Waals surface area contributed by atoms with Crippen LogP contribution in [0.1, 0.15) is 31.2 Å². The van der Waals surface area contributed by atoms with Crippen molar-refractivity contribution in [3.05, 3.63) is 30.1 Å². The first-order valence-corrected chi connectivity index (χ1v) is 8.13. The van der Waals surface area contributed by atoms with E-state index in [0.717, 1.165) is 26.1 Å². The summed E-state index contributed by atoms with van der Waals surface area (Å²) >= 11 is 0. The maximum Gasteiger partial charge on any atom is 0.310 e. The minimum atomic E-state index is 0.0526. The number of likely N-dealkylation sites (tertiary alicyclic amines) is 1. The fourth-order valence-corrected chi connectivity index (χ4v) is 4.47. The van der Waals surface area contributed by atoms with Gasteiger partial charge in [0.1, 0.15) is 6.10 Å². The third-order valence-electron chi connectivity index (χ3n) is 5.44. The van der Waals surface area contributed by atoms with E-state index in [4.69, 9.17) is 4.74 Å². The van der Waals surface area contributed by atoms with Crippen LogP contribution in [-0.4, -0.2) is 35.0 Å². The van der Waals surface area contributed by atoms with E-state index in [1.165, 1.54) is 24.8 Å². The van der Waals surface area contributed by atoms with Crippen LogP contribution in [-0.2, 0) is 16.1 Å². The average molecular weight is 286 g/mol. The summed E-state index contributed by atoms with van der Waals surface area (Å²) in [6.45, 7) is 2.78. The lowest BCUT2D eigenvalue weighted by molar-refractivity contribution is -0.172. The Morgan fingerprint density at radius 1 is 1.24 bits per heavy atom. The molecule has 2 saturated heterocycles. The highest BCUT2D eigenvalue weighted by atomic mass is 16.5. The number of ether oxygens (including phenoxy) is 1. The van der Waals surface area contributed by atoms with Crippen molar-refractivity contribution in [1.82, 2.24) is 9.88 Å². The molecule has 0 spiro atoms. The van der Waals surface area contributed by atoms with Gasteiger partial charge < -0.3 is 4.74 Å². The summed E-state index contributed by atoms with van der Waals surface area (Å²) in [6, 6.07) is 4.08. The van der Waals surface area contributed by atoms with Crippen LogP contribution in [0.2, 0.25) is 0 Å². The van der Waals surface area contributed by atoms with Gasteiger partial charge in [0.05, 0.1) is 5.92 Å². The van der Waals surface area contributed by atoms with Gasteiger partial charge in [0.2, 0.25) is 0 Å². The van der Waals surface area contributed by atoms with Gasteiger partial charge in [-0.3, -0.25) is 14.7 Å². The maximum atomic E-state index is 12.3. The Morgan fingerprint density at radius 3 is 3.00 bits per heavy atom. The van der Waals surface area contributed by atoms with E-state index in [1.54, 1.807) is 6.20 Å². The molecular weight excluding hydrogens is 264 g/mol. The summed E-state index contributed by atoms with van der Waals surface area (Å²) in [5.41, 5.74) is 1.23. The molecule has 3 fully saturated rings. The Balaban J connectivity index is 1.49. The van der Waals surface area contributed by atoms with Crippen molar-refractivity contribution in [3.8, 4) is 0 Å². The molecule has 4 rings (SSSR count). The highest BCUT2D eigenvalue weighted by Crippen LogP contribution is 2.44. The molecule has 3 heterocycles. The first-order valence-electron chi connectivity index (χ1n) is 8.13. The predicted molar refractivity (Wildman–Crippen MR) is 78.3 cm³/mol. The molecule has 1 aromatic rings. The largest absolute Gasteiger partial charge is 0.462 e. The van der Waals surface area contributed by atoms with Gasteiger partial charge in [0, 0.05) is 37.9 Å². The van der Waals surface area contributed by atoms with Crippen molar-refractivity contribution in [1.29, 1.82) is 0 Å². The van der Waals surface area contributed by atoms with Gasteiger partial charge in [-0.15, -0.1) is 0 Å². The van der Waals surface area contributed by atoms with Crippen molar-refractivity contribution >= 4 is 5.97 Å². The first kappa shape index (κ1) is 13.3. The Labute approximate surface area is 125 Å². The van der Waals surface area contributed by atoms with E-state index >= 15 is 0 Å². The second-order valence-corrected chi connectivity index (χ2v) is 6.75. The standard InChI is InChI=1S/C17H22N2O2/c20-17-15-11-19(9-12-4-3-7-18-8-12)10-14(15)13-5-1-2-6-16(13)21-17/h3-4,7-8,13-16H,1-2,5-6,9-11H2. The van der Waals surface area contributed by atoms with Gasteiger partial charge in [-0.2, -0.15) is 0 Å². The molecule has 0 radical (unpaired) electrons. The molecule has 21 heavy (non-hydrogen) atoms.